The molecule has 0 amide bonds. The van der Waals surface area contributed by atoms with Crippen LogP contribution in [0, 0.1) is 11.6 Å². The molecule has 2 rings (SSSR count). The summed E-state index contributed by atoms with van der Waals surface area (Å²) in [7, 11) is 0. The van der Waals surface area contributed by atoms with E-state index in [9.17, 15) is 8.78 Å². The first-order valence-electron chi connectivity index (χ1n) is 5.57. The van der Waals surface area contributed by atoms with Crippen LogP contribution in [-0.2, 0) is 6.42 Å². The Hall–Kier alpha value is -1.56. The van der Waals surface area contributed by atoms with Gasteiger partial charge in [0.2, 0.25) is 5.13 Å². The van der Waals surface area contributed by atoms with Gasteiger partial charge >= 0.3 is 0 Å². The van der Waals surface area contributed by atoms with Gasteiger partial charge in [0.05, 0.1) is 0 Å². The Morgan fingerprint density at radius 3 is 2.50 bits per heavy atom. The Morgan fingerprint density at radius 2 is 1.89 bits per heavy atom. The highest BCUT2D eigenvalue weighted by atomic mass is 32.1. The first-order chi connectivity index (χ1) is 8.52. The van der Waals surface area contributed by atoms with Gasteiger partial charge in [0, 0.05) is 30.1 Å². The predicted molar refractivity (Wildman–Crippen MR) is 67.8 cm³/mol. The number of nitrogens with zero attached hydrogens (tertiary/aromatic N) is 2. The zero-order valence-electron chi connectivity index (χ0n) is 10.1. The molecule has 2 aromatic rings. The van der Waals surface area contributed by atoms with Crippen LogP contribution in [0.2, 0.25) is 0 Å². The Balaban J connectivity index is 2.11. The standard InChI is InChI=1S/C12H13F2N3S/c1-7(2)15-12-16-11(17-18-12)5-8-3-9(13)6-10(14)4-8/h3-4,6-7H,5H2,1-2H3,(H,15,16,17). The van der Waals surface area contributed by atoms with Gasteiger partial charge < -0.3 is 5.32 Å². The fourth-order valence-electron chi connectivity index (χ4n) is 1.53. The Kier molecular flexibility index (Phi) is 3.86. The minimum absolute atomic E-state index is 0.275. The van der Waals surface area contributed by atoms with Crippen molar-refractivity contribution in [1.29, 1.82) is 0 Å². The SMILES string of the molecule is CC(C)Nc1nc(Cc2cc(F)cc(F)c2)ns1. The van der Waals surface area contributed by atoms with E-state index in [1.165, 1.54) is 23.7 Å². The fraction of sp³-hybridized carbons (Fsp3) is 0.333. The number of halogens is 2. The van der Waals surface area contributed by atoms with Crippen molar-refractivity contribution in [1.82, 2.24) is 9.36 Å². The van der Waals surface area contributed by atoms with E-state index in [1.807, 2.05) is 13.8 Å². The van der Waals surface area contributed by atoms with E-state index in [0.717, 1.165) is 11.2 Å². The van der Waals surface area contributed by atoms with E-state index in [-0.39, 0.29) is 6.04 Å². The van der Waals surface area contributed by atoms with Crippen molar-refractivity contribution in [2.45, 2.75) is 26.3 Å². The molecule has 6 heteroatoms. The zero-order chi connectivity index (χ0) is 13.1. The summed E-state index contributed by atoms with van der Waals surface area (Å²) in [6.07, 6.45) is 0.324. The molecule has 0 aliphatic rings. The van der Waals surface area contributed by atoms with E-state index in [1.54, 1.807) is 0 Å². The number of nitrogens with one attached hydrogen (secondary N) is 1. The maximum atomic E-state index is 13.0. The Bertz CT molecular complexity index is 520. The summed E-state index contributed by atoms with van der Waals surface area (Å²) in [4.78, 5) is 4.26. The van der Waals surface area contributed by atoms with Crippen molar-refractivity contribution in [3.05, 3.63) is 41.2 Å². The lowest BCUT2D eigenvalue weighted by Gasteiger charge is -2.03. The zero-order valence-corrected chi connectivity index (χ0v) is 10.9. The van der Waals surface area contributed by atoms with Gasteiger partial charge in [-0.2, -0.15) is 4.37 Å². The van der Waals surface area contributed by atoms with Crippen molar-refractivity contribution >= 4 is 16.7 Å². The first-order valence-corrected chi connectivity index (χ1v) is 6.34. The molecule has 0 aliphatic heterocycles. The van der Waals surface area contributed by atoms with Crippen molar-refractivity contribution in [2.24, 2.45) is 0 Å². The maximum Gasteiger partial charge on any atom is 0.202 e. The molecule has 18 heavy (non-hydrogen) atoms. The summed E-state index contributed by atoms with van der Waals surface area (Å²) < 4.78 is 30.2. The number of aromatic nitrogens is 2. The van der Waals surface area contributed by atoms with Gasteiger partial charge in [0.1, 0.15) is 17.5 Å². The minimum Gasteiger partial charge on any atom is -0.358 e. The topological polar surface area (TPSA) is 37.8 Å². The molecule has 1 heterocycles. The highest BCUT2D eigenvalue weighted by Gasteiger charge is 2.07. The third kappa shape index (κ3) is 3.46. The summed E-state index contributed by atoms with van der Waals surface area (Å²) >= 11 is 1.25. The molecule has 96 valence electrons. The molecule has 0 bridgehead atoms. The van der Waals surface area contributed by atoms with Gasteiger partial charge in [-0.3, -0.25) is 0 Å². The molecule has 0 saturated carbocycles. The third-order valence-electron chi connectivity index (χ3n) is 2.16. The highest BCUT2D eigenvalue weighted by molar-refractivity contribution is 7.09. The molecular weight excluding hydrogens is 256 g/mol. The van der Waals surface area contributed by atoms with Crippen molar-refractivity contribution in [3.63, 3.8) is 0 Å². The summed E-state index contributed by atoms with van der Waals surface area (Å²) in [5, 5.41) is 3.85. The number of hydrogen-bond donors (Lipinski definition) is 1. The molecule has 0 radical (unpaired) electrons. The Morgan fingerprint density at radius 1 is 1.22 bits per heavy atom. The molecule has 1 aromatic carbocycles. The predicted octanol–water partition coefficient (Wildman–Crippen LogP) is 3.23. The van der Waals surface area contributed by atoms with Crippen LogP contribution in [0.25, 0.3) is 0 Å². The fourth-order valence-corrected chi connectivity index (χ4v) is 2.26. The average Bonchev–Trinajstić information content (AvgIpc) is 2.62. The monoisotopic (exact) mass is 269 g/mol. The number of benzene rings is 1. The second-order valence-electron chi connectivity index (χ2n) is 4.27. The lowest BCUT2D eigenvalue weighted by Crippen LogP contribution is -2.09. The second kappa shape index (κ2) is 5.39. The normalized spacial score (nSPS) is 10.9. The van der Waals surface area contributed by atoms with Crippen LogP contribution in [0.3, 0.4) is 0 Å². The van der Waals surface area contributed by atoms with E-state index < -0.39 is 11.6 Å². The van der Waals surface area contributed by atoms with Crippen LogP contribution >= 0.6 is 11.5 Å². The van der Waals surface area contributed by atoms with Gasteiger partial charge in [0.15, 0.2) is 0 Å². The molecule has 1 N–H and O–H groups in total. The van der Waals surface area contributed by atoms with E-state index in [0.29, 0.717) is 17.8 Å². The molecule has 0 fully saturated rings. The van der Waals surface area contributed by atoms with E-state index in [4.69, 9.17) is 0 Å². The van der Waals surface area contributed by atoms with Gasteiger partial charge in [-0.05, 0) is 31.5 Å². The summed E-state index contributed by atoms with van der Waals surface area (Å²) in [6.45, 7) is 4.01. The summed E-state index contributed by atoms with van der Waals surface area (Å²) in [6, 6.07) is 3.71. The van der Waals surface area contributed by atoms with Gasteiger partial charge in [-0.1, -0.05) is 0 Å². The lowest BCUT2D eigenvalue weighted by atomic mass is 10.1. The van der Waals surface area contributed by atoms with Crippen LogP contribution in [-0.4, -0.2) is 15.4 Å². The third-order valence-corrected chi connectivity index (χ3v) is 2.85. The van der Waals surface area contributed by atoms with Crippen LogP contribution in [0.4, 0.5) is 13.9 Å². The summed E-state index contributed by atoms with van der Waals surface area (Å²) in [5.74, 6) is -0.602. The van der Waals surface area contributed by atoms with Gasteiger partial charge in [-0.25, -0.2) is 13.8 Å². The van der Waals surface area contributed by atoms with Crippen molar-refractivity contribution < 1.29 is 8.78 Å². The molecular formula is C12H13F2N3S. The molecule has 0 aliphatic carbocycles. The number of rotatable bonds is 4. The second-order valence-corrected chi connectivity index (χ2v) is 5.02. The largest absolute Gasteiger partial charge is 0.358 e. The van der Waals surface area contributed by atoms with Crippen LogP contribution in [0.1, 0.15) is 25.2 Å². The molecule has 0 saturated heterocycles. The van der Waals surface area contributed by atoms with Crippen LogP contribution < -0.4 is 5.32 Å². The minimum atomic E-state index is -0.583. The van der Waals surface area contributed by atoms with E-state index >= 15 is 0 Å². The van der Waals surface area contributed by atoms with Gasteiger partial charge in [-0.15, -0.1) is 0 Å². The highest BCUT2D eigenvalue weighted by Crippen LogP contribution is 2.16. The lowest BCUT2D eigenvalue weighted by molar-refractivity contribution is 0.580. The summed E-state index contributed by atoms with van der Waals surface area (Å²) in [5.41, 5.74) is 0.529. The quantitative estimate of drug-likeness (QED) is 0.926. The maximum absolute atomic E-state index is 13.0. The number of hydrogen-bond acceptors (Lipinski definition) is 4. The molecule has 3 nitrogen and oxygen atoms in total. The van der Waals surface area contributed by atoms with Crippen LogP contribution in [0.15, 0.2) is 18.2 Å². The molecule has 0 spiro atoms. The Labute approximate surface area is 108 Å². The van der Waals surface area contributed by atoms with E-state index in [2.05, 4.69) is 14.7 Å². The molecule has 1 aromatic heterocycles. The smallest absolute Gasteiger partial charge is 0.202 e. The molecule has 0 unspecified atom stereocenters. The average molecular weight is 269 g/mol. The molecule has 0 atom stereocenters. The first kappa shape index (κ1) is 12.9. The number of anilines is 1. The van der Waals surface area contributed by atoms with Crippen molar-refractivity contribution in [3.8, 4) is 0 Å². The van der Waals surface area contributed by atoms with Crippen LogP contribution in [0.5, 0.6) is 0 Å². The van der Waals surface area contributed by atoms with Gasteiger partial charge in [0.25, 0.3) is 0 Å². The van der Waals surface area contributed by atoms with Crippen molar-refractivity contribution in [2.75, 3.05) is 5.32 Å².